The molecule has 0 unspecified atom stereocenters. The van der Waals surface area contributed by atoms with Crippen LogP contribution in [0.2, 0.25) is 0 Å². The molecule has 4 heteroatoms. The van der Waals surface area contributed by atoms with Crippen molar-refractivity contribution in [3.8, 4) is 0 Å². The normalized spacial score (nSPS) is 10.4. The van der Waals surface area contributed by atoms with Crippen molar-refractivity contribution in [2.45, 2.75) is 19.8 Å². The summed E-state index contributed by atoms with van der Waals surface area (Å²) in [6.45, 7) is 2.51. The lowest BCUT2D eigenvalue weighted by molar-refractivity contribution is 0.824. The molecule has 0 saturated heterocycles. The van der Waals surface area contributed by atoms with Gasteiger partial charge in [-0.05, 0) is 26.3 Å². The summed E-state index contributed by atoms with van der Waals surface area (Å²) < 4.78 is 0. The van der Waals surface area contributed by atoms with Crippen molar-refractivity contribution < 1.29 is 0 Å². The summed E-state index contributed by atoms with van der Waals surface area (Å²) in [5.41, 5.74) is 7.05. The molecule has 4 N–H and O–H groups in total. The summed E-state index contributed by atoms with van der Waals surface area (Å²) in [7, 11) is 0. The van der Waals surface area contributed by atoms with Crippen LogP contribution < -0.4 is 11.3 Å². The smallest absolute Gasteiger partial charge is 0.267 e. The summed E-state index contributed by atoms with van der Waals surface area (Å²) in [5.74, 6) is 0. The molecule has 4 nitrogen and oxygen atoms in total. The van der Waals surface area contributed by atoms with Crippen LogP contribution in [0, 0.1) is 6.92 Å². The van der Waals surface area contributed by atoms with Gasteiger partial charge in [0, 0.05) is 11.3 Å². The minimum atomic E-state index is -0.0176. The summed E-state index contributed by atoms with van der Waals surface area (Å²) in [4.78, 5) is 11.0. The number of aromatic nitrogens is 2. The van der Waals surface area contributed by atoms with Crippen LogP contribution in [-0.4, -0.2) is 16.7 Å². The van der Waals surface area contributed by atoms with E-state index in [2.05, 4.69) is 10.2 Å². The molecule has 0 saturated carbocycles. The van der Waals surface area contributed by atoms with Crippen LogP contribution in [0.5, 0.6) is 0 Å². The van der Waals surface area contributed by atoms with Crippen LogP contribution >= 0.6 is 0 Å². The fourth-order valence-corrected chi connectivity index (χ4v) is 1.05. The SMILES string of the molecule is Cc1[nH][nH]c(=O)c1CCCN. The molecule has 0 fully saturated rings. The van der Waals surface area contributed by atoms with Crippen LogP contribution in [0.1, 0.15) is 17.7 Å². The standard InChI is InChI=1S/C7H13N3O/c1-5-6(3-2-4-8)7(11)10-9-5/h2-4,8H2,1H3,(H2,9,10,11). The van der Waals surface area contributed by atoms with E-state index >= 15 is 0 Å². The number of aromatic amines is 2. The quantitative estimate of drug-likeness (QED) is 0.570. The maximum absolute atomic E-state index is 11.0. The minimum Gasteiger partial charge on any atom is -0.330 e. The third-order valence-electron chi connectivity index (χ3n) is 1.72. The number of nitrogens with two attached hydrogens (primary N) is 1. The molecule has 1 aromatic heterocycles. The Hall–Kier alpha value is -1.03. The molecule has 0 atom stereocenters. The second kappa shape index (κ2) is 3.39. The van der Waals surface area contributed by atoms with Gasteiger partial charge in [-0.25, -0.2) is 0 Å². The largest absolute Gasteiger partial charge is 0.330 e. The second-order valence-electron chi connectivity index (χ2n) is 2.57. The zero-order valence-corrected chi connectivity index (χ0v) is 6.61. The lowest BCUT2D eigenvalue weighted by atomic mass is 10.1. The fourth-order valence-electron chi connectivity index (χ4n) is 1.05. The molecule has 0 aliphatic carbocycles. The van der Waals surface area contributed by atoms with Crippen LogP contribution in [0.15, 0.2) is 4.79 Å². The lowest BCUT2D eigenvalue weighted by Gasteiger charge is -1.93. The van der Waals surface area contributed by atoms with Gasteiger partial charge < -0.3 is 10.8 Å². The van der Waals surface area contributed by atoms with E-state index in [0.717, 1.165) is 24.1 Å². The number of nitrogens with one attached hydrogen (secondary N) is 2. The summed E-state index contributed by atoms with van der Waals surface area (Å²) in [5, 5.41) is 5.29. The molecule has 0 aliphatic heterocycles. The molecule has 0 bridgehead atoms. The first-order chi connectivity index (χ1) is 5.25. The third kappa shape index (κ3) is 1.71. The Bertz CT molecular complexity index is 273. The Balaban J connectivity index is 2.75. The average Bonchev–Trinajstić information content (AvgIpc) is 2.29. The highest BCUT2D eigenvalue weighted by Crippen LogP contribution is 1.99. The summed E-state index contributed by atoms with van der Waals surface area (Å²) in [6.07, 6.45) is 1.63. The van der Waals surface area contributed by atoms with Crippen LogP contribution in [0.3, 0.4) is 0 Å². The monoisotopic (exact) mass is 155 g/mol. The van der Waals surface area contributed by atoms with Crippen molar-refractivity contribution in [1.29, 1.82) is 0 Å². The molecule has 0 aliphatic rings. The van der Waals surface area contributed by atoms with E-state index in [4.69, 9.17) is 5.73 Å². The van der Waals surface area contributed by atoms with E-state index in [0.29, 0.717) is 6.54 Å². The molecule has 11 heavy (non-hydrogen) atoms. The van der Waals surface area contributed by atoms with E-state index in [1.807, 2.05) is 6.92 Å². The first-order valence-electron chi connectivity index (χ1n) is 3.72. The van der Waals surface area contributed by atoms with Gasteiger partial charge in [-0.1, -0.05) is 0 Å². The highest BCUT2D eigenvalue weighted by atomic mass is 16.1. The Kier molecular flexibility index (Phi) is 2.48. The highest BCUT2D eigenvalue weighted by Gasteiger charge is 2.03. The van der Waals surface area contributed by atoms with E-state index < -0.39 is 0 Å². The van der Waals surface area contributed by atoms with Crippen molar-refractivity contribution in [3.05, 3.63) is 21.6 Å². The summed E-state index contributed by atoms with van der Waals surface area (Å²) in [6, 6.07) is 0. The van der Waals surface area contributed by atoms with Gasteiger partial charge in [0.1, 0.15) is 0 Å². The minimum absolute atomic E-state index is 0.0176. The predicted molar refractivity (Wildman–Crippen MR) is 43.5 cm³/mol. The first kappa shape index (κ1) is 8.07. The maximum atomic E-state index is 11.0. The van der Waals surface area contributed by atoms with Gasteiger partial charge >= 0.3 is 0 Å². The van der Waals surface area contributed by atoms with Crippen molar-refractivity contribution in [2.75, 3.05) is 6.54 Å². The molecule has 0 aromatic carbocycles. The van der Waals surface area contributed by atoms with Crippen LogP contribution in [0.4, 0.5) is 0 Å². The fraction of sp³-hybridized carbons (Fsp3) is 0.571. The number of H-pyrrole nitrogens is 2. The van der Waals surface area contributed by atoms with Gasteiger partial charge in [-0.3, -0.25) is 9.89 Å². The van der Waals surface area contributed by atoms with Gasteiger partial charge in [0.25, 0.3) is 5.56 Å². The van der Waals surface area contributed by atoms with Crippen molar-refractivity contribution in [1.82, 2.24) is 10.2 Å². The molecule has 1 aromatic rings. The van der Waals surface area contributed by atoms with Crippen molar-refractivity contribution in [3.63, 3.8) is 0 Å². The third-order valence-corrected chi connectivity index (χ3v) is 1.72. The highest BCUT2D eigenvalue weighted by molar-refractivity contribution is 5.14. The number of aryl methyl sites for hydroxylation is 1. The Labute approximate surface area is 64.8 Å². The van der Waals surface area contributed by atoms with Gasteiger partial charge in [-0.15, -0.1) is 0 Å². The molecule has 1 heterocycles. The first-order valence-corrected chi connectivity index (χ1v) is 3.72. The van der Waals surface area contributed by atoms with E-state index in [9.17, 15) is 4.79 Å². The van der Waals surface area contributed by atoms with Gasteiger partial charge in [0.05, 0.1) is 0 Å². The number of hydrogen-bond acceptors (Lipinski definition) is 2. The van der Waals surface area contributed by atoms with E-state index in [-0.39, 0.29) is 5.56 Å². The Morgan fingerprint density at radius 3 is 2.64 bits per heavy atom. The Morgan fingerprint density at radius 2 is 2.18 bits per heavy atom. The van der Waals surface area contributed by atoms with E-state index in [1.54, 1.807) is 0 Å². The summed E-state index contributed by atoms with van der Waals surface area (Å²) >= 11 is 0. The second-order valence-corrected chi connectivity index (χ2v) is 2.57. The molecule has 0 spiro atoms. The zero-order valence-electron chi connectivity index (χ0n) is 6.61. The van der Waals surface area contributed by atoms with E-state index in [1.165, 1.54) is 0 Å². The van der Waals surface area contributed by atoms with Crippen LogP contribution in [0.25, 0.3) is 0 Å². The maximum Gasteiger partial charge on any atom is 0.267 e. The molecule has 0 amide bonds. The number of hydrogen-bond donors (Lipinski definition) is 3. The molecular formula is C7H13N3O. The predicted octanol–water partition coefficient (Wildman–Crippen LogP) is -0.0973. The topological polar surface area (TPSA) is 74.7 Å². The number of rotatable bonds is 3. The molecule has 62 valence electrons. The van der Waals surface area contributed by atoms with Gasteiger partial charge in [-0.2, -0.15) is 0 Å². The zero-order chi connectivity index (χ0) is 8.27. The molecule has 0 radical (unpaired) electrons. The Morgan fingerprint density at radius 1 is 1.45 bits per heavy atom. The van der Waals surface area contributed by atoms with Crippen molar-refractivity contribution in [2.24, 2.45) is 5.73 Å². The van der Waals surface area contributed by atoms with Gasteiger partial charge in [0.2, 0.25) is 0 Å². The van der Waals surface area contributed by atoms with Crippen LogP contribution in [-0.2, 0) is 6.42 Å². The lowest BCUT2D eigenvalue weighted by Crippen LogP contribution is -2.09. The van der Waals surface area contributed by atoms with Gasteiger partial charge in [0.15, 0.2) is 0 Å². The van der Waals surface area contributed by atoms with Crippen molar-refractivity contribution >= 4 is 0 Å². The average molecular weight is 155 g/mol. The molecule has 1 rings (SSSR count). The molecular weight excluding hydrogens is 142 g/mol.